The molecule has 1 aromatic heterocycles. The van der Waals surface area contributed by atoms with Crippen LogP contribution in [0.15, 0.2) is 23.1 Å². The number of hydrogen-bond acceptors (Lipinski definition) is 4. The fourth-order valence-corrected chi connectivity index (χ4v) is 3.99. The summed E-state index contributed by atoms with van der Waals surface area (Å²) >= 11 is 5.65. The zero-order valence-corrected chi connectivity index (χ0v) is 14.8. The number of anilines is 1. The van der Waals surface area contributed by atoms with Crippen molar-refractivity contribution in [3.63, 3.8) is 0 Å². The van der Waals surface area contributed by atoms with Gasteiger partial charge in [0.1, 0.15) is 16.4 Å². The van der Waals surface area contributed by atoms with Crippen molar-refractivity contribution < 1.29 is 22.3 Å². The third kappa shape index (κ3) is 3.54. The van der Waals surface area contributed by atoms with Crippen molar-refractivity contribution in [1.29, 1.82) is 0 Å². The highest BCUT2D eigenvalue weighted by molar-refractivity contribution is 7.92. The van der Waals surface area contributed by atoms with E-state index in [0.717, 1.165) is 12.1 Å². The first-order valence-corrected chi connectivity index (χ1v) is 8.87. The van der Waals surface area contributed by atoms with Gasteiger partial charge in [0.15, 0.2) is 0 Å². The van der Waals surface area contributed by atoms with E-state index in [1.807, 2.05) is 0 Å². The lowest BCUT2D eigenvalue weighted by Gasteiger charge is -2.09. The summed E-state index contributed by atoms with van der Waals surface area (Å²) in [6.45, 7) is 4.86. The molecule has 0 amide bonds. The van der Waals surface area contributed by atoms with Crippen LogP contribution in [0, 0.1) is 19.7 Å². The summed E-state index contributed by atoms with van der Waals surface area (Å²) in [5, 5.41) is -0.204. The van der Waals surface area contributed by atoms with Gasteiger partial charge in [-0.2, -0.15) is 0 Å². The molecule has 0 unspecified atom stereocenters. The molecule has 130 valence electrons. The number of carbonyl (C=O) groups is 1. The van der Waals surface area contributed by atoms with Crippen molar-refractivity contribution in [3.05, 3.63) is 46.0 Å². The van der Waals surface area contributed by atoms with Crippen LogP contribution in [0.1, 0.15) is 28.7 Å². The van der Waals surface area contributed by atoms with Crippen molar-refractivity contribution in [3.8, 4) is 0 Å². The maximum Gasteiger partial charge on any atom is 0.355 e. The number of aromatic amines is 1. The van der Waals surface area contributed by atoms with Gasteiger partial charge in [0, 0.05) is 11.3 Å². The van der Waals surface area contributed by atoms with E-state index in [1.165, 1.54) is 19.9 Å². The number of sulfonamides is 1. The van der Waals surface area contributed by atoms with Crippen LogP contribution in [0.25, 0.3) is 0 Å². The van der Waals surface area contributed by atoms with Gasteiger partial charge in [-0.3, -0.25) is 4.72 Å². The second kappa shape index (κ2) is 6.82. The molecular weight excluding hydrogens is 359 g/mol. The van der Waals surface area contributed by atoms with E-state index in [4.69, 9.17) is 16.3 Å². The highest BCUT2D eigenvalue weighted by Gasteiger charge is 2.27. The van der Waals surface area contributed by atoms with Gasteiger partial charge in [0.2, 0.25) is 0 Å². The summed E-state index contributed by atoms with van der Waals surface area (Å²) < 4.78 is 45.6. The molecule has 1 heterocycles. The van der Waals surface area contributed by atoms with Crippen LogP contribution in [0.4, 0.5) is 10.1 Å². The van der Waals surface area contributed by atoms with Gasteiger partial charge in [0.25, 0.3) is 10.0 Å². The summed E-state index contributed by atoms with van der Waals surface area (Å²) in [6.07, 6.45) is 0. The lowest BCUT2D eigenvalue weighted by Crippen LogP contribution is -2.15. The average molecular weight is 375 g/mol. The Balaban J connectivity index is 2.42. The van der Waals surface area contributed by atoms with E-state index in [9.17, 15) is 17.6 Å². The minimum atomic E-state index is -4.00. The fourth-order valence-electron chi connectivity index (χ4n) is 2.31. The number of ether oxygens (including phenoxy) is 1. The van der Waals surface area contributed by atoms with Crippen molar-refractivity contribution in [2.24, 2.45) is 0 Å². The predicted octanol–water partition coefficient (Wildman–Crippen LogP) is 3.40. The second-order valence-electron chi connectivity index (χ2n) is 5.03. The van der Waals surface area contributed by atoms with Crippen LogP contribution in [0.5, 0.6) is 0 Å². The Hall–Kier alpha value is -2.06. The number of benzene rings is 1. The number of esters is 1. The Bertz CT molecular complexity index is 893. The van der Waals surface area contributed by atoms with Crippen molar-refractivity contribution >= 4 is 33.3 Å². The molecule has 0 radical (unpaired) electrons. The minimum absolute atomic E-state index is 0.0639. The van der Waals surface area contributed by atoms with Crippen molar-refractivity contribution in [2.45, 2.75) is 25.7 Å². The number of hydrogen-bond donors (Lipinski definition) is 2. The number of halogens is 2. The number of aromatic nitrogens is 1. The molecule has 6 nitrogen and oxygen atoms in total. The quantitative estimate of drug-likeness (QED) is 0.785. The molecule has 0 bridgehead atoms. The highest BCUT2D eigenvalue weighted by atomic mass is 35.5. The van der Waals surface area contributed by atoms with Gasteiger partial charge in [-0.25, -0.2) is 17.6 Å². The molecule has 0 saturated heterocycles. The zero-order chi connectivity index (χ0) is 18.1. The topological polar surface area (TPSA) is 88.3 Å². The molecule has 0 aliphatic carbocycles. The molecule has 2 N–H and O–H groups in total. The summed E-state index contributed by atoms with van der Waals surface area (Å²) in [7, 11) is -4.00. The van der Waals surface area contributed by atoms with Gasteiger partial charge < -0.3 is 9.72 Å². The Morgan fingerprint density at radius 2 is 2.04 bits per heavy atom. The third-order valence-electron chi connectivity index (χ3n) is 3.29. The van der Waals surface area contributed by atoms with Gasteiger partial charge in [-0.1, -0.05) is 11.6 Å². The van der Waals surface area contributed by atoms with Crippen LogP contribution in [-0.2, 0) is 14.8 Å². The Kier molecular flexibility index (Phi) is 5.19. The van der Waals surface area contributed by atoms with E-state index in [1.54, 1.807) is 6.92 Å². The van der Waals surface area contributed by atoms with Gasteiger partial charge in [0.05, 0.1) is 17.3 Å². The van der Waals surface area contributed by atoms with E-state index in [0.29, 0.717) is 0 Å². The summed E-state index contributed by atoms with van der Waals surface area (Å²) in [5.41, 5.74) is 0.717. The van der Waals surface area contributed by atoms with Gasteiger partial charge in [-0.05, 0) is 39.0 Å². The molecule has 0 aliphatic heterocycles. The maximum atomic E-state index is 13.2. The molecule has 0 saturated carbocycles. The van der Waals surface area contributed by atoms with E-state index in [-0.39, 0.29) is 39.2 Å². The molecule has 9 heteroatoms. The van der Waals surface area contributed by atoms with Crippen LogP contribution in [0.3, 0.4) is 0 Å². The third-order valence-corrected chi connectivity index (χ3v) is 5.23. The second-order valence-corrected chi connectivity index (χ2v) is 7.06. The maximum absolute atomic E-state index is 13.2. The molecule has 24 heavy (non-hydrogen) atoms. The van der Waals surface area contributed by atoms with E-state index >= 15 is 0 Å². The van der Waals surface area contributed by atoms with Gasteiger partial charge in [-0.15, -0.1) is 0 Å². The Morgan fingerprint density at radius 3 is 2.62 bits per heavy atom. The largest absolute Gasteiger partial charge is 0.461 e. The number of carbonyl (C=O) groups excluding carboxylic acids is 1. The standard InChI is InChI=1S/C15H16ClFN2O4S/c1-4-23-15(20)13-8(2)14(9(3)18-13)24(21,22)19-10-5-6-12(17)11(16)7-10/h5-7,18-19H,4H2,1-3H3. The molecule has 0 atom stereocenters. The first-order valence-electron chi connectivity index (χ1n) is 7.01. The van der Waals surface area contributed by atoms with Crippen LogP contribution in [-0.4, -0.2) is 26.0 Å². The predicted molar refractivity (Wildman–Crippen MR) is 88.4 cm³/mol. The summed E-state index contributed by atoms with van der Waals surface area (Å²) in [5.74, 6) is -1.29. The molecular formula is C15H16ClFN2O4S. The molecule has 0 fully saturated rings. The lowest BCUT2D eigenvalue weighted by atomic mass is 10.2. The normalized spacial score (nSPS) is 11.4. The number of aryl methyl sites for hydroxylation is 1. The number of nitrogens with one attached hydrogen (secondary N) is 2. The van der Waals surface area contributed by atoms with E-state index < -0.39 is 21.8 Å². The summed E-state index contributed by atoms with van der Waals surface area (Å²) in [6, 6.07) is 3.47. The van der Waals surface area contributed by atoms with Gasteiger partial charge >= 0.3 is 5.97 Å². The molecule has 2 rings (SSSR count). The van der Waals surface area contributed by atoms with Crippen LogP contribution < -0.4 is 4.72 Å². The van der Waals surface area contributed by atoms with Crippen molar-refractivity contribution in [2.75, 3.05) is 11.3 Å². The smallest absolute Gasteiger partial charge is 0.355 e. The van der Waals surface area contributed by atoms with E-state index in [2.05, 4.69) is 9.71 Å². The first kappa shape index (κ1) is 18.3. The first-order chi connectivity index (χ1) is 11.2. The Labute approximate surface area is 144 Å². The molecule has 1 aromatic carbocycles. The molecule has 0 aliphatic rings. The number of rotatable bonds is 5. The lowest BCUT2D eigenvalue weighted by molar-refractivity contribution is 0.0519. The Morgan fingerprint density at radius 1 is 1.38 bits per heavy atom. The average Bonchev–Trinajstić information content (AvgIpc) is 2.78. The number of H-pyrrole nitrogens is 1. The van der Waals surface area contributed by atoms with Crippen LogP contribution >= 0.6 is 11.6 Å². The van der Waals surface area contributed by atoms with Crippen molar-refractivity contribution in [1.82, 2.24) is 4.98 Å². The minimum Gasteiger partial charge on any atom is -0.461 e. The molecule has 2 aromatic rings. The summed E-state index contributed by atoms with van der Waals surface area (Å²) in [4.78, 5) is 14.5. The fraction of sp³-hybridized carbons (Fsp3) is 0.267. The molecule has 0 spiro atoms. The monoisotopic (exact) mass is 374 g/mol. The zero-order valence-electron chi connectivity index (χ0n) is 13.2. The van der Waals surface area contributed by atoms with Crippen LogP contribution in [0.2, 0.25) is 5.02 Å². The highest BCUT2D eigenvalue weighted by Crippen LogP contribution is 2.27. The SMILES string of the molecule is CCOC(=O)c1[nH]c(C)c(S(=O)(=O)Nc2ccc(F)c(Cl)c2)c1C.